The van der Waals surface area contributed by atoms with Crippen LogP contribution < -0.4 is 10.1 Å². The van der Waals surface area contributed by atoms with Crippen LogP contribution in [-0.4, -0.2) is 27.6 Å². The SMILES string of the molecule is CCOc1ccc(-c2nc(NC(=O)c3cnco3)no2)cc1. The molecule has 0 bridgehead atoms. The molecule has 0 fully saturated rings. The average molecular weight is 300 g/mol. The second-order valence-corrected chi connectivity index (χ2v) is 4.20. The summed E-state index contributed by atoms with van der Waals surface area (Å²) in [6.07, 6.45) is 2.46. The number of aromatic nitrogens is 3. The van der Waals surface area contributed by atoms with E-state index in [9.17, 15) is 4.79 Å². The van der Waals surface area contributed by atoms with Crippen molar-refractivity contribution in [3.05, 3.63) is 42.6 Å². The molecule has 0 saturated carbocycles. The van der Waals surface area contributed by atoms with E-state index in [1.807, 2.05) is 6.92 Å². The van der Waals surface area contributed by atoms with E-state index in [1.54, 1.807) is 24.3 Å². The number of carbonyl (C=O) groups excluding carboxylic acids is 1. The fraction of sp³-hybridized carbons (Fsp3) is 0.143. The van der Waals surface area contributed by atoms with Crippen molar-refractivity contribution in [2.24, 2.45) is 0 Å². The first-order chi connectivity index (χ1) is 10.8. The highest BCUT2D eigenvalue weighted by Gasteiger charge is 2.14. The Labute approximate surface area is 125 Å². The first-order valence-electron chi connectivity index (χ1n) is 6.53. The minimum atomic E-state index is -0.503. The summed E-state index contributed by atoms with van der Waals surface area (Å²) < 4.78 is 15.3. The summed E-state index contributed by atoms with van der Waals surface area (Å²) in [5, 5.41) is 6.14. The van der Waals surface area contributed by atoms with Crippen LogP contribution in [-0.2, 0) is 0 Å². The zero-order valence-electron chi connectivity index (χ0n) is 11.6. The minimum absolute atomic E-state index is 0.0466. The molecule has 0 aliphatic carbocycles. The van der Waals surface area contributed by atoms with E-state index < -0.39 is 5.91 Å². The van der Waals surface area contributed by atoms with Gasteiger partial charge in [0.1, 0.15) is 5.75 Å². The number of benzene rings is 1. The average Bonchev–Trinajstić information content (AvgIpc) is 3.19. The Morgan fingerprint density at radius 1 is 1.32 bits per heavy atom. The van der Waals surface area contributed by atoms with Crippen LogP contribution in [0.5, 0.6) is 5.75 Å². The van der Waals surface area contributed by atoms with E-state index >= 15 is 0 Å². The molecule has 1 aromatic carbocycles. The van der Waals surface area contributed by atoms with Crippen molar-refractivity contribution in [1.82, 2.24) is 15.1 Å². The highest BCUT2D eigenvalue weighted by atomic mass is 16.5. The fourth-order valence-electron chi connectivity index (χ4n) is 1.74. The molecule has 0 aliphatic rings. The third-order valence-electron chi connectivity index (χ3n) is 2.72. The molecule has 0 atom stereocenters. The summed E-state index contributed by atoms with van der Waals surface area (Å²) in [5.74, 6) is 0.648. The molecule has 1 N–H and O–H groups in total. The largest absolute Gasteiger partial charge is 0.494 e. The number of nitrogens with one attached hydrogen (secondary N) is 1. The molecule has 0 radical (unpaired) electrons. The summed E-state index contributed by atoms with van der Waals surface area (Å²) in [5.41, 5.74) is 0.719. The van der Waals surface area contributed by atoms with Crippen LogP contribution in [0.15, 0.2) is 45.8 Å². The van der Waals surface area contributed by atoms with Crippen LogP contribution in [0.1, 0.15) is 17.5 Å². The van der Waals surface area contributed by atoms with Crippen molar-refractivity contribution in [2.75, 3.05) is 11.9 Å². The molecule has 0 saturated heterocycles. The molecular formula is C14H12N4O4. The van der Waals surface area contributed by atoms with E-state index in [1.165, 1.54) is 6.20 Å². The monoisotopic (exact) mass is 300 g/mol. The summed E-state index contributed by atoms with van der Waals surface area (Å²) in [6, 6.07) is 7.19. The van der Waals surface area contributed by atoms with Crippen LogP contribution in [0.2, 0.25) is 0 Å². The molecule has 8 nitrogen and oxygen atoms in total. The predicted octanol–water partition coefficient (Wildman–Crippen LogP) is 2.38. The van der Waals surface area contributed by atoms with Gasteiger partial charge in [-0.15, -0.1) is 0 Å². The maximum Gasteiger partial charge on any atom is 0.295 e. The van der Waals surface area contributed by atoms with Gasteiger partial charge in [0, 0.05) is 5.56 Å². The van der Waals surface area contributed by atoms with Crippen LogP contribution in [0.3, 0.4) is 0 Å². The lowest BCUT2D eigenvalue weighted by Gasteiger charge is -2.02. The summed E-state index contributed by atoms with van der Waals surface area (Å²) in [7, 11) is 0. The maximum atomic E-state index is 11.8. The molecule has 0 spiro atoms. The molecule has 0 unspecified atom stereocenters. The molecule has 8 heteroatoms. The van der Waals surface area contributed by atoms with Gasteiger partial charge in [0.25, 0.3) is 17.7 Å². The van der Waals surface area contributed by atoms with Crippen LogP contribution in [0.4, 0.5) is 5.95 Å². The number of carbonyl (C=O) groups is 1. The van der Waals surface area contributed by atoms with Crippen LogP contribution in [0.25, 0.3) is 11.5 Å². The number of hydrogen-bond donors (Lipinski definition) is 1. The Bertz CT molecular complexity index is 750. The van der Waals surface area contributed by atoms with E-state index in [-0.39, 0.29) is 17.6 Å². The lowest BCUT2D eigenvalue weighted by Crippen LogP contribution is -2.11. The number of oxazole rings is 1. The Balaban J connectivity index is 1.72. The highest BCUT2D eigenvalue weighted by molar-refractivity contribution is 6.00. The molecule has 1 amide bonds. The van der Waals surface area contributed by atoms with Gasteiger partial charge in [-0.2, -0.15) is 4.98 Å². The van der Waals surface area contributed by atoms with Crippen LogP contribution in [0, 0.1) is 0 Å². The van der Waals surface area contributed by atoms with E-state index in [4.69, 9.17) is 13.7 Å². The third-order valence-corrected chi connectivity index (χ3v) is 2.72. The molecule has 2 aromatic heterocycles. The first-order valence-corrected chi connectivity index (χ1v) is 6.53. The lowest BCUT2D eigenvalue weighted by atomic mass is 10.2. The Hall–Kier alpha value is -3.16. The van der Waals surface area contributed by atoms with Crippen molar-refractivity contribution in [3.8, 4) is 17.2 Å². The minimum Gasteiger partial charge on any atom is -0.494 e. The van der Waals surface area contributed by atoms with Crippen molar-refractivity contribution < 1.29 is 18.5 Å². The first kappa shape index (κ1) is 13.8. The lowest BCUT2D eigenvalue weighted by molar-refractivity contribution is 0.0995. The molecular weight excluding hydrogens is 288 g/mol. The van der Waals surface area contributed by atoms with Crippen molar-refractivity contribution >= 4 is 11.9 Å². The van der Waals surface area contributed by atoms with E-state index in [0.717, 1.165) is 17.7 Å². The van der Waals surface area contributed by atoms with Crippen molar-refractivity contribution in [3.63, 3.8) is 0 Å². The highest BCUT2D eigenvalue weighted by Crippen LogP contribution is 2.22. The van der Waals surface area contributed by atoms with Gasteiger partial charge >= 0.3 is 0 Å². The Morgan fingerprint density at radius 3 is 2.82 bits per heavy atom. The predicted molar refractivity (Wildman–Crippen MR) is 75.4 cm³/mol. The molecule has 22 heavy (non-hydrogen) atoms. The van der Waals surface area contributed by atoms with Gasteiger partial charge in [0.15, 0.2) is 6.39 Å². The fourth-order valence-corrected chi connectivity index (χ4v) is 1.74. The number of amides is 1. The standard InChI is InChI=1S/C14H12N4O4/c1-2-20-10-5-3-9(4-6-10)13-17-14(18-22-13)16-12(19)11-7-15-8-21-11/h3-8H,2H2,1H3,(H,16,18,19). The van der Waals surface area contributed by atoms with Gasteiger partial charge in [-0.1, -0.05) is 0 Å². The zero-order valence-corrected chi connectivity index (χ0v) is 11.6. The number of ether oxygens (including phenoxy) is 1. The van der Waals surface area contributed by atoms with Gasteiger partial charge < -0.3 is 13.7 Å². The summed E-state index contributed by atoms with van der Waals surface area (Å²) in [4.78, 5) is 19.5. The van der Waals surface area contributed by atoms with Crippen molar-refractivity contribution in [2.45, 2.75) is 6.92 Å². The van der Waals surface area contributed by atoms with Crippen LogP contribution >= 0.6 is 0 Å². The molecule has 2 heterocycles. The quantitative estimate of drug-likeness (QED) is 0.771. The Morgan fingerprint density at radius 2 is 2.14 bits per heavy atom. The maximum absolute atomic E-state index is 11.8. The second-order valence-electron chi connectivity index (χ2n) is 4.20. The number of rotatable bonds is 5. The van der Waals surface area contributed by atoms with Gasteiger partial charge in [0.05, 0.1) is 12.8 Å². The second kappa shape index (κ2) is 6.08. The molecule has 112 valence electrons. The van der Waals surface area contributed by atoms with E-state index in [0.29, 0.717) is 6.61 Å². The molecule has 3 rings (SSSR count). The zero-order chi connectivity index (χ0) is 15.4. The van der Waals surface area contributed by atoms with E-state index in [2.05, 4.69) is 20.4 Å². The smallest absolute Gasteiger partial charge is 0.295 e. The number of anilines is 1. The summed E-state index contributed by atoms with van der Waals surface area (Å²) in [6.45, 7) is 2.51. The Kier molecular flexibility index (Phi) is 3.82. The molecule has 0 aliphatic heterocycles. The van der Waals surface area contributed by atoms with Gasteiger partial charge in [-0.3, -0.25) is 10.1 Å². The van der Waals surface area contributed by atoms with Gasteiger partial charge in [0.2, 0.25) is 5.76 Å². The number of hydrogen-bond acceptors (Lipinski definition) is 7. The normalized spacial score (nSPS) is 10.4. The number of nitrogens with zero attached hydrogens (tertiary/aromatic N) is 3. The van der Waals surface area contributed by atoms with Crippen molar-refractivity contribution in [1.29, 1.82) is 0 Å². The third kappa shape index (κ3) is 2.95. The molecule has 3 aromatic rings. The van der Waals surface area contributed by atoms with Gasteiger partial charge in [-0.25, -0.2) is 4.98 Å². The topological polar surface area (TPSA) is 103 Å². The summed E-state index contributed by atoms with van der Waals surface area (Å²) >= 11 is 0. The van der Waals surface area contributed by atoms with Gasteiger partial charge in [-0.05, 0) is 36.3 Å².